The van der Waals surface area contributed by atoms with E-state index >= 15 is 0 Å². The number of hydrogen-bond acceptors (Lipinski definition) is 3. The van der Waals surface area contributed by atoms with Gasteiger partial charge in [-0.1, -0.05) is 127 Å². The van der Waals surface area contributed by atoms with Crippen LogP contribution in [0.2, 0.25) is 0 Å². The van der Waals surface area contributed by atoms with Crippen molar-refractivity contribution in [3.05, 3.63) is 187 Å². The molecule has 1 aliphatic rings. The van der Waals surface area contributed by atoms with Crippen molar-refractivity contribution in [1.29, 1.82) is 0 Å². The van der Waals surface area contributed by atoms with Gasteiger partial charge in [-0.15, -0.1) is 12.6 Å². The first-order valence-corrected chi connectivity index (χ1v) is 17.6. The summed E-state index contributed by atoms with van der Waals surface area (Å²) in [5, 5.41) is 8.82. The van der Waals surface area contributed by atoms with E-state index in [1.165, 1.54) is 44.2 Å². The van der Waals surface area contributed by atoms with E-state index in [2.05, 4.69) is 164 Å². The molecule has 0 saturated heterocycles. The Morgan fingerprint density at radius 1 is 0.600 bits per heavy atom. The van der Waals surface area contributed by atoms with Crippen molar-refractivity contribution < 1.29 is 4.42 Å². The molecule has 2 unspecified atom stereocenters. The second-order valence-corrected chi connectivity index (χ2v) is 13.6. The zero-order chi connectivity index (χ0) is 33.6. The van der Waals surface area contributed by atoms with E-state index in [9.17, 15) is 0 Å². The summed E-state index contributed by atoms with van der Waals surface area (Å²) in [6, 6.07) is 54.0. The number of anilines is 1. The van der Waals surface area contributed by atoms with Crippen LogP contribution in [-0.2, 0) is 0 Å². The molecule has 0 saturated carbocycles. The maximum Gasteiger partial charge on any atom is 0.137 e. The Labute approximate surface area is 297 Å². The average Bonchev–Trinajstić information content (AvgIpc) is 3.55. The van der Waals surface area contributed by atoms with Gasteiger partial charge >= 0.3 is 0 Å². The van der Waals surface area contributed by atoms with E-state index in [-0.39, 0.29) is 12.0 Å². The summed E-state index contributed by atoms with van der Waals surface area (Å²) < 4.78 is 6.34. The normalized spacial score (nSPS) is 15.8. The summed E-state index contributed by atoms with van der Waals surface area (Å²) in [7, 11) is 0. The molecule has 1 aromatic heterocycles. The molecular weight excluding hydrogens is 627 g/mol. The van der Waals surface area contributed by atoms with Crippen molar-refractivity contribution in [3.63, 3.8) is 0 Å². The first-order valence-electron chi connectivity index (χ1n) is 17.1. The number of aryl methyl sites for hydroxylation is 1. The van der Waals surface area contributed by atoms with E-state index in [1.54, 1.807) is 0 Å². The second kappa shape index (κ2) is 12.6. The van der Waals surface area contributed by atoms with Crippen molar-refractivity contribution >= 4 is 56.6 Å². The fourth-order valence-electron chi connectivity index (χ4n) is 7.73. The topological polar surface area (TPSA) is 25.2 Å². The Bertz CT molecular complexity index is 2630. The molecule has 8 aromatic rings. The molecule has 9 rings (SSSR count). The van der Waals surface area contributed by atoms with Crippen LogP contribution >= 0.6 is 12.6 Å². The number of hydrogen-bond donors (Lipinski definition) is 2. The van der Waals surface area contributed by atoms with Crippen LogP contribution in [0.3, 0.4) is 0 Å². The lowest BCUT2D eigenvalue weighted by molar-refractivity contribution is 0.669. The zero-order valence-electron chi connectivity index (χ0n) is 27.7. The zero-order valence-corrected chi connectivity index (χ0v) is 28.6. The third kappa shape index (κ3) is 5.31. The van der Waals surface area contributed by atoms with Gasteiger partial charge in [-0.05, 0) is 105 Å². The van der Waals surface area contributed by atoms with E-state index in [0.29, 0.717) is 0 Å². The van der Waals surface area contributed by atoms with Gasteiger partial charge in [-0.25, -0.2) is 0 Å². The molecular formula is C47H35NOS. The number of fused-ring (bicyclic) bond motifs is 4. The SMILES string of the molecule is Cc1ccccc1-c1cc(C2C=CC=C(c3cccc(-c4ccccc4S)c3)C2Nc2cccc3oc4ccccc4c23)c2ccccc2c1. The molecule has 0 fully saturated rings. The molecule has 0 amide bonds. The first kappa shape index (κ1) is 30.3. The van der Waals surface area contributed by atoms with Gasteiger partial charge in [0.2, 0.25) is 0 Å². The molecule has 1 N–H and O–H groups in total. The molecule has 240 valence electrons. The van der Waals surface area contributed by atoms with Crippen LogP contribution < -0.4 is 5.32 Å². The summed E-state index contributed by atoms with van der Waals surface area (Å²) in [6.45, 7) is 2.20. The molecule has 1 aliphatic carbocycles. The number of rotatable bonds is 6. The molecule has 1 heterocycles. The summed E-state index contributed by atoms with van der Waals surface area (Å²) in [6.07, 6.45) is 6.88. The lowest BCUT2D eigenvalue weighted by Gasteiger charge is -2.33. The minimum atomic E-state index is -0.0868. The van der Waals surface area contributed by atoms with Gasteiger partial charge in [0, 0.05) is 21.9 Å². The van der Waals surface area contributed by atoms with Crippen LogP contribution in [0, 0.1) is 6.92 Å². The molecule has 0 aliphatic heterocycles. The number of furan rings is 1. The monoisotopic (exact) mass is 661 g/mol. The lowest BCUT2D eigenvalue weighted by atomic mass is 9.78. The maximum absolute atomic E-state index is 6.34. The number of para-hydroxylation sites is 1. The van der Waals surface area contributed by atoms with Gasteiger partial charge in [0.05, 0.1) is 11.4 Å². The van der Waals surface area contributed by atoms with Crippen molar-refractivity contribution in [2.75, 3.05) is 5.32 Å². The predicted octanol–water partition coefficient (Wildman–Crippen LogP) is 12.9. The Balaban J connectivity index is 1.25. The van der Waals surface area contributed by atoms with Gasteiger partial charge in [0.1, 0.15) is 11.2 Å². The van der Waals surface area contributed by atoms with Crippen LogP contribution in [0.1, 0.15) is 22.6 Å². The molecule has 0 spiro atoms. The molecule has 50 heavy (non-hydrogen) atoms. The van der Waals surface area contributed by atoms with Crippen LogP contribution in [0.5, 0.6) is 0 Å². The standard InChI is InChI=1S/C47H35NOS/c1-30-13-2-4-17-35(30)34-28-31-14-3-5-18-36(31)41(29-34)39-22-11-21-38(33-16-10-15-32(27-33)37-19-7-9-26-45(37)50)47(39)48-42-23-12-25-44-46(42)40-20-6-8-24-43(40)49-44/h2-29,39,47-48,50H,1H3. The summed E-state index contributed by atoms with van der Waals surface area (Å²) in [5.41, 5.74) is 12.5. The van der Waals surface area contributed by atoms with Gasteiger partial charge in [-0.2, -0.15) is 0 Å². The van der Waals surface area contributed by atoms with Crippen molar-refractivity contribution in [2.24, 2.45) is 0 Å². The molecule has 2 nitrogen and oxygen atoms in total. The average molecular weight is 662 g/mol. The van der Waals surface area contributed by atoms with Gasteiger partial charge in [0.15, 0.2) is 0 Å². The highest BCUT2D eigenvalue weighted by molar-refractivity contribution is 7.80. The summed E-state index contributed by atoms with van der Waals surface area (Å²) >= 11 is 4.81. The van der Waals surface area contributed by atoms with Crippen LogP contribution in [0.25, 0.3) is 60.5 Å². The minimum Gasteiger partial charge on any atom is -0.456 e. The fourth-order valence-corrected chi connectivity index (χ4v) is 8.02. The largest absolute Gasteiger partial charge is 0.456 e. The first-order chi connectivity index (χ1) is 24.6. The summed E-state index contributed by atoms with van der Waals surface area (Å²) in [5.74, 6) is 0.0260. The number of allylic oxidation sites excluding steroid dienone is 2. The van der Waals surface area contributed by atoms with E-state index in [0.717, 1.165) is 43.6 Å². The number of benzene rings is 7. The van der Waals surface area contributed by atoms with E-state index in [4.69, 9.17) is 17.0 Å². The maximum atomic E-state index is 6.34. The van der Waals surface area contributed by atoms with E-state index in [1.807, 2.05) is 18.2 Å². The third-order valence-electron chi connectivity index (χ3n) is 10.1. The molecule has 0 radical (unpaired) electrons. The Morgan fingerprint density at radius 2 is 1.32 bits per heavy atom. The molecule has 7 aromatic carbocycles. The molecule has 2 atom stereocenters. The third-order valence-corrected chi connectivity index (χ3v) is 10.5. The highest BCUT2D eigenvalue weighted by atomic mass is 32.1. The van der Waals surface area contributed by atoms with Gasteiger partial charge in [0.25, 0.3) is 0 Å². The van der Waals surface area contributed by atoms with Gasteiger partial charge in [-0.3, -0.25) is 0 Å². The molecule has 0 bridgehead atoms. The van der Waals surface area contributed by atoms with Crippen molar-refractivity contribution in [2.45, 2.75) is 23.8 Å². The Hall–Kier alpha value is -5.77. The second-order valence-electron chi connectivity index (χ2n) is 13.1. The highest BCUT2D eigenvalue weighted by Gasteiger charge is 2.30. The number of nitrogens with one attached hydrogen (secondary N) is 1. The van der Waals surface area contributed by atoms with Crippen LogP contribution in [0.15, 0.2) is 179 Å². The predicted molar refractivity (Wildman–Crippen MR) is 214 cm³/mol. The van der Waals surface area contributed by atoms with Gasteiger partial charge < -0.3 is 9.73 Å². The van der Waals surface area contributed by atoms with E-state index < -0.39 is 0 Å². The highest BCUT2D eigenvalue weighted by Crippen LogP contribution is 2.43. The van der Waals surface area contributed by atoms with Crippen molar-refractivity contribution in [3.8, 4) is 22.3 Å². The van der Waals surface area contributed by atoms with Crippen LogP contribution in [-0.4, -0.2) is 6.04 Å². The minimum absolute atomic E-state index is 0.0260. The Morgan fingerprint density at radius 3 is 2.20 bits per heavy atom. The number of thiol groups is 1. The Kier molecular flexibility index (Phi) is 7.63. The smallest absolute Gasteiger partial charge is 0.137 e. The van der Waals surface area contributed by atoms with Crippen LogP contribution in [0.4, 0.5) is 5.69 Å². The summed E-state index contributed by atoms with van der Waals surface area (Å²) in [4.78, 5) is 0.965. The fraction of sp³-hybridized carbons (Fsp3) is 0.0638. The quantitative estimate of drug-likeness (QED) is 0.173. The lowest BCUT2D eigenvalue weighted by Crippen LogP contribution is -2.30. The molecule has 3 heteroatoms. The van der Waals surface area contributed by atoms with Crippen molar-refractivity contribution in [1.82, 2.24) is 0 Å².